The largest absolute Gasteiger partial charge is 0.508 e. The SMILES string of the molecule is CNCCCC12CCC(c3ccccc31)c1ccc(O)cc12. The van der Waals surface area contributed by atoms with Gasteiger partial charge in [-0.1, -0.05) is 30.3 Å². The molecule has 2 heteroatoms. The molecule has 0 spiro atoms. The van der Waals surface area contributed by atoms with Crippen LogP contribution in [0.1, 0.15) is 53.9 Å². The zero-order valence-corrected chi connectivity index (χ0v) is 13.1. The summed E-state index contributed by atoms with van der Waals surface area (Å²) in [7, 11) is 2.02. The molecular weight excluding hydrogens is 270 g/mol. The van der Waals surface area contributed by atoms with Gasteiger partial charge in [0.05, 0.1) is 0 Å². The molecular formula is C20H23NO. The van der Waals surface area contributed by atoms with Crippen LogP contribution in [0.3, 0.4) is 0 Å². The van der Waals surface area contributed by atoms with Gasteiger partial charge < -0.3 is 10.4 Å². The van der Waals surface area contributed by atoms with Crippen LogP contribution >= 0.6 is 0 Å². The third kappa shape index (κ3) is 1.83. The Hall–Kier alpha value is -1.80. The van der Waals surface area contributed by atoms with Crippen molar-refractivity contribution in [3.05, 3.63) is 64.7 Å². The Morgan fingerprint density at radius 2 is 1.95 bits per heavy atom. The Morgan fingerprint density at radius 1 is 1.14 bits per heavy atom. The lowest BCUT2D eigenvalue weighted by Crippen LogP contribution is -2.40. The van der Waals surface area contributed by atoms with E-state index in [9.17, 15) is 5.11 Å². The highest BCUT2D eigenvalue weighted by Crippen LogP contribution is 2.58. The molecule has 3 aliphatic rings. The van der Waals surface area contributed by atoms with E-state index in [0.29, 0.717) is 11.7 Å². The van der Waals surface area contributed by atoms with Crippen LogP contribution in [0.4, 0.5) is 0 Å². The van der Waals surface area contributed by atoms with Crippen molar-refractivity contribution in [1.82, 2.24) is 5.32 Å². The second-order valence-electron chi connectivity index (χ2n) is 6.74. The summed E-state index contributed by atoms with van der Waals surface area (Å²) in [6, 6.07) is 15.0. The summed E-state index contributed by atoms with van der Waals surface area (Å²) in [5.74, 6) is 0.912. The number of aromatic hydroxyl groups is 1. The lowest BCUT2D eigenvalue weighted by molar-refractivity contribution is 0.339. The van der Waals surface area contributed by atoms with Gasteiger partial charge in [0, 0.05) is 11.3 Å². The number of hydrogen-bond acceptors (Lipinski definition) is 2. The predicted molar refractivity (Wildman–Crippen MR) is 89.6 cm³/mol. The average molecular weight is 293 g/mol. The fourth-order valence-electron chi connectivity index (χ4n) is 4.74. The molecule has 3 aliphatic carbocycles. The van der Waals surface area contributed by atoms with Gasteiger partial charge in [-0.25, -0.2) is 0 Å². The van der Waals surface area contributed by atoms with Crippen molar-refractivity contribution in [2.45, 2.75) is 37.0 Å². The van der Waals surface area contributed by atoms with Gasteiger partial charge in [0.25, 0.3) is 0 Å². The molecule has 2 N–H and O–H groups in total. The zero-order valence-electron chi connectivity index (χ0n) is 13.1. The molecule has 0 fully saturated rings. The number of fused-ring (bicyclic) bond motifs is 1. The third-order valence-electron chi connectivity index (χ3n) is 5.67. The van der Waals surface area contributed by atoms with Crippen molar-refractivity contribution in [1.29, 1.82) is 0 Å². The summed E-state index contributed by atoms with van der Waals surface area (Å²) in [5, 5.41) is 13.3. The van der Waals surface area contributed by atoms with Crippen LogP contribution in [0.2, 0.25) is 0 Å². The van der Waals surface area contributed by atoms with Gasteiger partial charge in [0.1, 0.15) is 5.75 Å². The first-order valence-electron chi connectivity index (χ1n) is 8.34. The Morgan fingerprint density at radius 3 is 2.82 bits per heavy atom. The lowest BCUT2D eigenvalue weighted by atomic mass is 9.54. The van der Waals surface area contributed by atoms with E-state index in [4.69, 9.17) is 0 Å². The molecule has 0 heterocycles. The quantitative estimate of drug-likeness (QED) is 0.838. The van der Waals surface area contributed by atoms with E-state index in [-0.39, 0.29) is 5.41 Å². The Balaban J connectivity index is 1.90. The molecule has 0 saturated carbocycles. The average Bonchev–Trinajstić information content (AvgIpc) is 2.56. The number of rotatable bonds is 4. The van der Waals surface area contributed by atoms with Crippen LogP contribution in [0.5, 0.6) is 5.75 Å². The molecule has 5 rings (SSSR count). The molecule has 2 atom stereocenters. The summed E-state index contributed by atoms with van der Waals surface area (Å²) in [6.45, 7) is 1.04. The summed E-state index contributed by atoms with van der Waals surface area (Å²) in [5.41, 5.74) is 5.92. The molecule has 114 valence electrons. The van der Waals surface area contributed by atoms with Crippen molar-refractivity contribution >= 4 is 0 Å². The highest BCUT2D eigenvalue weighted by atomic mass is 16.3. The van der Waals surface area contributed by atoms with Gasteiger partial charge in [-0.15, -0.1) is 0 Å². The minimum absolute atomic E-state index is 0.0935. The molecule has 2 unspecified atom stereocenters. The van der Waals surface area contributed by atoms with Gasteiger partial charge >= 0.3 is 0 Å². The van der Waals surface area contributed by atoms with Crippen LogP contribution in [0.25, 0.3) is 0 Å². The Labute approximate surface area is 132 Å². The maximum absolute atomic E-state index is 10.0. The highest BCUT2D eigenvalue weighted by molar-refractivity contribution is 5.60. The monoisotopic (exact) mass is 293 g/mol. The van der Waals surface area contributed by atoms with Crippen molar-refractivity contribution < 1.29 is 5.11 Å². The lowest BCUT2D eigenvalue weighted by Gasteiger charge is -2.50. The van der Waals surface area contributed by atoms with Gasteiger partial charge in [-0.05, 0) is 73.7 Å². The van der Waals surface area contributed by atoms with Gasteiger partial charge in [-0.3, -0.25) is 0 Å². The first-order valence-corrected chi connectivity index (χ1v) is 8.34. The molecule has 2 aromatic rings. The minimum Gasteiger partial charge on any atom is -0.508 e. The summed E-state index contributed by atoms with van der Waals surface area (Å²) in [4.78, 5) is 0. The van der Waals surface area contributed by atoms with Crippen LogP contribution < -0.4 is 5.32 Å². The molecule has 0 amide bonds. The van der Waals surface area contributed by atoms with Gasteiger partial charge in [0.15, 0.2) is 0 Å². The summed E-state index contributed by atoms with van der Waals surface area (Å²) in [6.07, 6.45) is 4.74. The van der Waals surface area contributed by atoms with E-state index in [1.807, 2.05) is 19.2 Å². The van der Waals surface area contributed by atoms with Crippen molar-refractivity contribution in [3.63, 3.8) is 0 Å². The second kappa shape index (κ2) is 5.13. The highest BCUT2D eigenvalue weighted by Gasteiger charge is 2.47. The molecule has 2 aromatic carbocycles. The van der Waals surface area contributed by atoms with E-state index in [1.165, 1.54) is 35.1 Å². The standard InChI is InChI=1S/C20H23NO/c1-21-12-4-10-20-11-9-15(16-5-2-3-6-18(16)20)17-8-7-14(22)13-19(17)20/h2-3,5-8,13,15,21-22H,4,9-12H2,1H3. The second-order valence-corrected chi connectivity index (χ2v) is 6.74. The van der Waals surface area contributed by atoms with Crippen molar-refractivity contribution in [2.24, 2.45) is 0 Å². The van der Waals surface area contributed by atoms with Crippen LogP contribution in [0, 0.1) is 0 Å². The zero-order chi connectivity index (χ0) is 15.2. The predicted octanol–water partition coefficient (Wildman–Crippen LogP) is 3.92. The number of phenols is 1. The molecule has 0 radical (unpaired) electrons. The topological polar surface area (TPSA) is 32.3 Å². The first-order chi connectivity index (χ1) is 10.8. The summed E-state index contributed by atoms with van der Waals surface area (Å²) >= 11 is 0. The van der Waals surface area contributed by atoms with E-state index in [2.05, 4.69) is 35.6 Å². The maximum Gasteiger partial charge on any atom is 0.115 e. The minimum atomic E-state index is 0.0935. The summed E-state index contributed by atoms with van der Waals surface area (Å²) < 4.78 is 0. The molecule has 0 aromatic heterocycles. The smallest absolute Gasteiger partial charge is 0.115 e. The fourth-order valence-corrected chi connectivity index (χ4v) is 4.74. The fraction of sp³-hybridized carbons (Fsp3) is 0.400. The first kappa shape index (κ1) is 13.8. The normalized spacial score (nSPS) is 24.9. The van der Waals surface area contributed by atoms with Crippen molar-refractivity contribution in [2.75, 3.05) is 13.6 Å². The van der Waals surface area contributed by atoms with E-state index >= 15 is 0 Å². The van der Waals surface area contributed by atoms with Gasteiger partial charge in [-0.2, -0.15) is 0 Å². The van der Waals surface area contributed by atoms with Crippen LogP contribution in [-0.2, 0) is 5.41 Å². The maximum atomic E-state index is 10.0. The number of hydrogen-bond donors (Lipinski definition) is 2. The molecule has 2 nitrogen and oxygen atoms in total. The third-order valence-corrected chi connectivity index (χ3v) is 5.67. The van der Waals surface area contributed by atoms with Gasteiger partial charge in [0.2, 0.25) is 0 Å². The van der Waals surface area contributed by atoms with Crippen molar-refractivity contribution in [3.8, 4) is 5.75 Å². The van der Waals surface area contributed by atoms with E-state index in [0.717, 1.165) is 19.4 Å². The van der Waals surface area contributed by atoms with Crippen LogP contribution in [-0.4, -0.2) is 18.7 Å². The molecule has 2 bridgehead atoms. The van der Waals surface area contributed by atoms with Crippen LogP contribution in [0.15, 0.2) is 42.5 Å². The van der Waals surface area contributed by atoms with E-state index < -0.39 is 0 Å². The Bertz CT molecular complexity index is 709. The molecule has 0 aliphatic heterocycles. The molecule has 22 heavy (non-hydrogen) atoms. The number of nitrogens with one attached hydrogen (secondary N) is 1. The molecule has 0 saturated heterocycles. The number of phenolic OH excluding ortho intramolecular Hbond substituents is 1. The Kier molecular flexibility index (Phi) is 3.23. The number of benzene rings is 2. The van der Waals surface area contributed by atoms with E-state index in [1.54, 1.807) is 0 Å².